The van der Waals surface area contributed by atoms with Crippen molar-refractivity contribution in [2.45, 2.75) is 141 Å². The van der Waals surface area contributed by atoms with Crippen molar-refractivity contribution in [1.29, 1.82) is 63.1 Å². The Hall–Kier alpha value is -6.16. The number of fused-ring (bicyclic) bond motifs is 3. The number of ether oxygens (including phenoxy) is 1. The highest BCUT2D eigenvalue weighted by atomic mass is 16.5. The van der Waals surface area contributed by atoms with Gasteiger partial charge in [-0.1, -0.05) is 0 Å². The van der Waals surface area contributed by atoms with Crippen molar-refractivity contribution in [2.24, 2.45) is 154 Å². The quantitative estimate of drug-likeness (QED) is 0.239. The maximum absolute atomic E-state index is 10.6. The molecule has 0 aromatic carbocycles. The van der Waals surface area contributed by atoms with Gasteiger partial charge in [0.25, 0.3) is 0 Å². The molecule has 18 unspecified atom stereocenters. The van der Waals surface area contributed by atoms with Crippen LogP contribution in [0.1, 0.15) is 128 Å². The van der Waals surface area contributed by atoms with Crippen molar-refractivity contribution in [3.8, 4) is 72.8 Å². The predicted octanol–water partition coefficient (Wildman–Crippen LogP) is 11.0. The lowest BCUT2D eigenvalue weighted by Crippen LogP contribution is -2.46. The van der Waals surface area contributed by atoms with Crippen LogP contribution in [0.4, 0.5) is 0 Å². The first kappa shape index (κ1) is 51.7. The van der Waals surface area contributed by atoms with E-state index >= 15 is 0 Å². The summed E-state index contributed by atoms with van der Waals surface area (Å²) in [6, 6.07) is 29.7. The molecular weight excluding hydrogens is 905 g/mol. The van der Waals surface area contributed by atoms with Gasteiger partial charge in [-0.05, 0) is 211 Å². The smallest absolute Gasteiger partial charge is 0.0659 e. The van der Waals surface area contributed by atoms with Gasteiger partial charge in [0, 0.05) is 23.7 Å². The van der Waals surface area contributed by atoms with Crippen molar-refractivity contribution < 1.29 is 4.74 Å². The second kappa shape index (κ2) is 22.5. The molecule has 1 aliphatic heterocycles. The predicted molar refractivity (Wildman–Crippen MR) is 259 cm³/mol. The van der Waals surface area contributed by atoms with Gasteiger partial charge in [0.05, 0.1) is 132 Å². The third-order valence-electron chi connectivity index (χ3n) is 21.9. The second-order valence-electron chi connectivity index (χ2n) is 25.0. The van der Waals surface area contributed by atoms with Gasteiger partial charge in [0.2, 0.25) is 0 Å². The standard InChI is InChI=1S/C60H68N12O/c61-21-33-5-45(25-65)57(46(6-33)26-66)41-13-39(14-42(17-41)58-47(27-67)7-34(22-62)8-48(58)28-68)37-1-3-53-54-4-2-38(20-56(54)73-55(53)19-37)40-15-43(59-49(29-69)9-35(23-63)10-50(59)30-70)18-44(16-40)60-51(31-71)11-36(24-64)12-52(60)32-72/h33-60H,1-20H2. The Morgan fingerprint density at radius 1 is 0.219 bits per heavy atom. The van der Waals surface area contributed by atoms with E-state index in [0.29, 0.717) is 75.0 Å². The molecule has 0 amide bonds. The van der Waals surface area contributed by atoms with Crippen LogP contribution in [-0.2, 0) is 4.74 Å². The minimum atomic E-state index is -0.418. The minimum absolute atomic E-state index is 0.0419. The van der Waals surface area contributed by atoms with Crippen molar-refractivity contribution in [3.05, 3.63) is 0 Å². The Bertz CT molecular complexity index is 2160. The maximum Gasteiger partial charge on any atom is 0.0659 e. The van der Waals surface area contributed by atoms with Crippen LogP contribution >= 0.6 is 0 Å². The molecule has 13 nitrogen and oxygen atoms in total. The molecule has 374 valence electrons. The lowest BCUT2D eigenvalue weighted by molar-refractivity contribution is -0.0480. The van der Waals surface area contributed by atoms with Gasteiger partial charge in [0.1, 0.15) is 0 Å². The summed E-state index contributed by atoms with van der Waals surface area (Å²) in [7, 11) is 0. The molecular formula is C60H68N12O. The normalized spacial score (nSPS) is 49.2. The van der Waals surface area contributed by atoms with Crippen molar-refractivity contribution in [2.75, 3.05) is 0 Å². The fourth-order valence-corrected chi connectivity index (χ4v) is 19.1. The number of nitrogens with zero attached hydrogens (tertiary/aromatic N) is 12. The first-order valence-corrected chi connectivity index (χ1v) is 28.0. The van der Waals surface area contributed by atoms with Gasteiger partial charge in [-0.25, -0.2) is 0 Å². The Kier molecular flexibility index (Phi) is 16.0. The fourth-order valence-electron chi connectivity index (χ4n) is 19.1. The van der Waals surface area contributed by atoms with Crippen LogP contribution in [0.25, 0.3) is 0 Å². The average molecular weight is 973 g/mol. The van der Waals surface area contributed by atoms with Gasteiger partial charge in [-0.2, -0.15) is 63.1 Å². The van der Waals surface area contributed by atoms with E-state index in [1.54, 1.807) is 0 Å². The lowest BCUT2D eigenvalue weighted by Gasteiger charge is -2.50. The summed E-state index contributed by atoms with van der Waals surface area (Å²) in [4.78, 5) is 0. The molecule has 73 heavy (non-hydrogen) atoms. The van der Waals surface area contributed by atoms with E-state index in [0.717, 1.165) is 77.0 Å². The van der Waals surface area contributed by atoms with Crippen LogP contribution in [-0.4, -0.2) is 12.2 Å². The number of rotatable bonds is 6. The molecule has 0 radical (unpaired) electrons. The van der Waals surface area contributed by atoms with Crippen LogP contribution < -0.4 is 0 Å². The zero-order chi connectivity index (χ0) is 51.5. The molecule has 9 rings (SSSR count). The van der Waals surface area contributed by atoms with E-state index in [2.05, 4.69) is 72.8 Å². The SMILES string of the molecule is N#CC1CC(C#N)C(C2CC(C3CCC4C(C3)OC3CC(C5CC(C6C(C#N)CC(C#N)CC6C#N)CC(C6C(C#N)CC(C#N)CC6C#N)C5)CCC34)CC(C3C(C#N)CC(C#N)CC3C#N)C2)C(C#N)C1. The summed E-state index contributed by atoms with van der Waals surface area (Å²) in [6.07, 6.45) is 14.8. The van der Waals surface area contributed by atoms with Crippen molar-refractivity contribution >= 4 is 0 Å². The molecule has 8 saturated carbocycles. The van der Waals surface area contributed by atoms with Crippen molar-refractivity contribution in [1.82, 2.24) is 0 Å². The van der Waals surface area contributed by atoms with Crippen molar-refractivity contribution in [3.63, 3.8) is 0 Å². The first-order chi connectivity index (χ1) is 35.6. The third-order valence-corrected chi connectivity index (χ3v) is 21.9. The Balaban J connectivity index is 0.950. The van der Waals surface area contributed by atoms with Crippen LogP contribution in [0.2, 0.25) is 0 Å². The second-order valence-corrected chi connectivity index (χ2v) is 25.0. The molecule has 9 aliphatic rings. The molecule has 0 aromatic rings. The highest BCUT2D eigenvalue weighted by molar-refractivity contribution is 5.15. The van der Waals surface area contributed by atoms with Gasteiger partial charge < -0.3 is 4.74 Å². The molecule has 18 atom stereocenters. The largest absolute Gasteiger partial charge is 0.374 e. The van der Waals surface area contributed by atoms with E-state index in [1.165, 1.54) is 0 Å². The lowest BCUT2D eigenvalue weighted by atomic mass is 9.52. The van der Waals surface area contributed by atoms with Gasteiger partial charge in [-0.3, -0.25) is 0 Å². The average Bonchev–Trinajstić information content (AvgIpc) is 3.82. The van der Waals surface area contributed by atoms with Crippen LogP contribution in [0.5, 0.6) is 0 Å². The summed E-state index contributed by atoms with van der Waals surface area (Å²) in [5.41, 5.74) is 0. The number of hydrogen-bond donors (Lipinski definition) is 0. The third kappa shape index (κ3) is 10.00. The Labute approximate surface area is 433 Å². The van der Waals surface area contributed by atoms with Gasteiger partial charge in [-0.15, -0.1) is 0 Å². The van der Waals surface area contributed by atoms with E-state index in [1.807, 2.05) is 0 Å². The zero-order valence-electron chi connectivity index (χ0n) is 42.1. The fraction of sp³-hybridized carbons (Fsp3) is 0.800. The van der Waals surface area contributed by atoms with E-state index in [4.69, 9.17) is 4.74 Å². The molecule has 1 heterocycles. The summed E-state index contributed by atoms with van der Waals surface area (Å²) in [5, 5.41) is 124. The molecule has 13 heteroatoms. The summed E-state index contributed by atoms with van der Waals surface area (Å²) >= 11 is 0. The molecule has 0 spiro atoms. The zero-order valence-corrected chi connectivity index (χ0v) is 42.1. The molecule has 8 aliphatic carbocycles. The summed E-state index contributed by atoms with van der Waals surface area (Å²) in [5.74, 6) is -3.20. The van der Waals surface area contributed by atoms with E-state index in [-0.39, 0.29) is 95.1 Å². The van der Waals surface area contributed by atoms with Crippen LogP contribution in [0.15, 0.2) is 0 Å². The van der Waals surface area contributed by atoms with Gasteiger partial charge in [0.15, 0.2) is 0 Å². The topological polar surface area (TPSA) is 295 Å². The highest BCUT2D eigenvalue weighted by Gasteiger charge is 2.56. The maximum atomic E-state index is 10.6. The van der Waals surface area contributed by atoms with E-state index in [9.17, 15) is 63.1 Å². The first-order valence-electron chi connectivity index (χ1n) is 28.0. The molecule has 1 saturated heterocycles. The molecule has 0 bridgehead atoms. The summed E-state index contributed by atoms with van der Waals surface area (Å²) < 4.78 is 7.29. The monoisotopic (exact) mass is 973 g/mol. The Morgan fingerprint density at radius 2 is 0.438 bits per heavy atom. The molecule has 0 N–H and O–H groups in total. The molecule has 0 aromatic heterocycles. The summed E-state index contributed by atoms with van der Waals surface area (Å²) in [6.45, 7) is 0. The number of nitriles is 12. The number of hydrogen-bond acceptors (Lipinski definition) is 13. The van der Waals surface area contributed by atoms with Crippen LogP contribution in [0.3, 0.4) is 0 Å². The Morgan fingerprint density at radius 3 is 0.644 bits per heavy atom. The molecule has 9 fully saturated rings. The van der Waals surface area contributed by atoms with Crippen LogP contribution in [0, 0.1) is 290 Å². The minimum Gasteiger partial charge on any atom is -0.374 e. The highest BCUT2D eigenvalue weighted by Crippen LogP contribution is 2.60. The van der Waals surface area contributed by atoms with E-state index < -0.39 is 47.3 Å². The van der Waals surface area contributed by atoms with Gasteiger partial charge >= 0.3 is 0 Å².